The van der Waals surface area contributed by atoms with E-state index in [0.29, 0.717) is 12.8 Å². The molecule has 8 rings (SSSR count). The number of nitrogens with one attached hydrogen (secondary N) is 1. The lowest BCUT2D eigenvalue weighted by molar-refractivity contribution is -0.201. The molecule has 2 aliphatic heterocycles. The third kappa shape index (κ3) is 3.89. The molecule has 2 heterocycles. The standard InChI is InChI=1S/C37H41NO6/c1-35-13-11-26(40)17-25(35)9-10-27-28-18-32-37(31(42)20-39,36(28,2)19-30(41)33(27)35)44-34(43-32)24-7-3-21(4-8-24)15-22-5-6-23-12-14-38-29(23)16-22/h3-8,11,13,16-17,27-28,30,32-34,38-39,41H,9-10,12,14-15,18-20H2,1-2H3/t27-,28-,30-,32+,33+,34+,35-,36-,37+/m0/s1. The number of allylic oxidation sites excluding steroid dienone is 4. The lowest BCUT2D eigenvalue weighted by Gasteiger charge is -2.59. The molecule has 230 valence electrons. The summed E-state index contributed by atoms with van der Waals surface area (Å²) in [6.07, 6.45) is 7.97. The summed E-state index contributed by atoms with van der Waals surface area (Å²) in [6.45, 7) is 4.57. The van der Waals surface area contributed by atoms with Gasteiger partial charge < -0.3 is 25.0 Å². The summed E-state index contributed by atoms with van der Waals surface area (Å²) < 4.78 is 13.4. The lowest BCUT2D eigenvalue weighted by atomic mass is 9.46. The van der Waals surface area contributed by atoms with Gasteiger partial charge in [0, 0.05) is 34.5 Å². The lowest BCUT2D eigenvalue weighted by Crippen LogP contribution is -2.63. The quantitative estimate of drug-likeness (QED) is 0.454. The van der Waals surface area contributed by atoms with Crippen LogP contribution in [-0.2, 0) is 31.9 Å². The monoisotopic (exact) mass is 595 g/mol. The highest BCUT2D eigenvalue weighted by Gasteiger charge is 2.75. The number of aliphatic hydroxyl groups excluding tert-OH is 2. The van der Waals surface area contributed by atoms with Gasteiger partial charge in [0.15, 0.2) is 23.5 Å². The molecule has 44 heavy (non-hydrogen) atoms. The van der Waals surface area contributed by atoms with Crippen molar-refractivity contribution in [1.29, 1.82) is 0 Å². The largest absolute Gasteiger partial charge is 0.393 e. The van der Waals surface area contributed by atoms with Crippen molar-refractivity contribution in [3.8, 4) is 0 Å². The van der Waals surface area contributed by atoms with Crippen LogP contribution >= 0.6 is 0 Å². The number of anilines is 1. The van der Waals surface area contributed by atoms with Crippen LogP contribution in [0.1, 0.15) is 68.1 Å². The highest BCUT2D eigenvalue weighted by atomic mass is 16.7. The second-order valence-electron chi connectivity index (χ2n) is 14.4. The first kappa shape index (κ1) is 28.4. The van der Waals surface area contributed by atoms with Crippen molar-refractivity contribution in [3.63, 3.8) is 0 Å². The van der Waals surface area contributed by atoms with E-state index < -0.39 is 41.5 Å². The molecule has 3 saturated carbocycles. The van der Waals surface area contributed by atoms with Gasteiger partial charge in [-0.1, -0.05) is 61.9 Å². The van der Waals surface area contributed by atoms with Crippen LogP contribution in [0.4, 0.5) is 5.69 Å². The Hall–Kier alpha value is -3.10. The molecule has 0 bridgehead atoms. The Morgan fingerprint density at radius 3 is 2.68 bits per heavy atom. The maximum Gasteiger partial charge on any atom is 0.193 e. The molecule has 6 aliphatic rings. The molecule has 4 fully saturated rings. The molecule has 7 nitrogen and oxygen atoms in total. The molecule has 1 saturated heterocycles. The van der Waals surface area contributed by atoms with Gasteiger partial charge in [0.2, 0.25) is 0 Å². The van der Waals surface area contributed by atoms with E-state index in [1.54, 1.807) is 12.2 Å². The molecule has 7 heteroatoms. The second-order valence-corrected chi connectivity index (χ2v) is 14.4. The Kier molecular flexibility index (Phi) is 6.42. The fraction of sp³-hybridized carbons (Fsp3) is 0.514. The summed E-state index contributed by atoms with van der Waals surface area (Å²) in [4.78, 5) is 26.0. The van der Waals surface area contributed by atoms with Gasteiger partial charge in [-0.25, -0.2) is 0 Å². The molecule has 9 atom stereocenters. The van der Waals surface area contributed by atoms with Crippen LogP contribution in [0.15, 0.2) is 66.3 Å². The number of hydrogen-bond acceptors (Lipinski definition) is 7. The number of hydrogen-bond donors (Lipinski definition) is 3. The van der Waals surface area contributed by atoms with Gasteiger partial charge in [-0.15, -0.1) is 0 Å². The smallest absolute Gasteiger partial charge is 0.193 e. The molecule has 3 N–H and O–H groups in total. The number of ether oxygens (including phenoxy) is 2. The van der Waals surface area contributed by atoms with Crippen molar-refractivity contribution in [2.75, 3.05) is 18.5 Å². The number of ketones is 2. The van der Waals surface area contributed by atoms with Gasteiger partial charge in [0.25, 0.3) is 0 Å². The van der Waals surface area contributed by atoms with E-state index in [0.717, 1.165) is 43.4 Å². The van der Waals surface area contributed by atoms with Crippen molar-refractivity contribution in [2.24, 2.45) is 28.6 Å². The SMILES string of the molecule is C[C@]12C=CC(=O)C=C1CC[C@@H]1[C@@H]2[C@@H](O)C[C@@]2(C)[C@H]1C[C@H]1O[C@@H](c3ccc(Cc4ccc5c(c4)NCC5)cc3)O[C@]12C(=O)CO. The molecular weight excluding hydrogens is 554 g/mol. The third-order valence-electron chi connectivity index (χ3n) is 12.3. The summed E-state index contributed by atoms with van der Waals surface area (Å²) in [7, 11) is 0. The minimum Gasteiger partial charge on any atom is -0.393 e. The maximum atomic E-state index is 13.8. The molecule has 0 spiro atoms. The van der Waals surface area contributed by atoms with E-state index >= 15 is 0 Å². The second kappa shape index (κ2) is 9.95. The van der Waals surface area contributed by atoms with Gasteiger partial charge in [0.1, 0.15) is 6.61 Å². The zero-order valence-electron chi connectivity index (χ0n) is 25.4. The van der Waals surface area contributed by atoms with Crippen molar-refractivity contribution in [3.05, 3.63) is 88.5 Å². The Balaban J connectivity index is 1.06. The zero-order chi connectivity index (χ0) is 30.4. The number of benzene rings is 2. The van der Waals surface area contributed by atoms with E-state index in [9.17, 15) is 19.8 Å². The predicted octanol–water partition coefficient (Wildman–Crippen LogP) is 4.85. The number of carbonyl (C=O) groups excluding carboxylic acids is 2. The van der Waals surface area contributed by atoms with Crippen molar-refractivity contribution >= 4 is 17.3 Å². The Morgan fingerprint density at radius 1 is 1.09 bits per heavy atom. The molecule has 0 amide bonds. The van der Waals surface area contributed by atoms with Crippen LogP contribution in [0, 0.1) is 28.6 Å². The van der Waals surface area contributed by atoms with Gasteiger partial charge in [-0.3, -0.25) is 9.59 Å². The summed E-state index contributed by atoms with van der Waals surface area (Å²) >= 11 is 0. The Labute approximate surface area is 258 Å². The van der Waals surface area contributed by atoms with Crippen molar-refractivity contribution in [1.82, 2.24) is 0 Å². The molecule has 2 aromatic carbocycles. The van der Waals surface area contributed by atoms with Crippen molar-refractivity contribution < 1.29 is 29.3 Å². The molecular formula is C37H41NO6. The Morgan fingerprint density at radius 2 is 1.89 bits per heavy atom. The summed E-state index contributed by atoms with van der Waals surface area (Å²) in [6, 6.07) is 14.9. The van der Waals surface area contributed by atoms with E-state index in [-0.39, 0.29) is 29.3 Å². The summed E-state index contributed by atoms with van der Waals surface area (Å²) in [5.41, 5.74) is 4.52. The van der Waals surface area contributed by atoms with Crippen LogP contribution < -0.4 is 5.32 Å². The molecule has 4 aliphatic carbocycles. The van der Waals surface area contributed by atoms with E-state index in [1.807, 2.05) is 18.2 Å². The molecule has 2 aromatic rings. The number of aliphatic hydroxyl groups is 2. The predicted molar refractivity (Wildman–Crippen MR) is 165 cm³/mol. The first-order valence-electron chi connectivity index (χ1n) is 16.2. The third-order valence-corrected chi connectivity index (χ3v) is 12.3. The average Bonchev–Trinajstić information content (AvgIpc) is 3.70. The first-order valence-corrected chi connectivity index (χ1v) is 16.2. The van der Waals surface area contributed by atoms with Crippen LogP contribution in [0.2, 0.25) is 0 Å². The highest BCUT2D eigenvalue weighted by Crippen LogP contribution is 2.70. The fourth-order valence-corrected chi connectivity index (χ4v) is 10.3. The minimum atomic E-state index is -1.34. The van der Waals surface area contributed by atoms with E-state index in [4.69, 9.17) is 9.47 Å². The Bertz CT molecular complexity index is 1600. The van der Waals surface area contributed by atoms with Gasteiger partial charge >= 0.3 is 0 Å². The zero-order valence-corrected chi connectivity index (χ0v) is 25.4. The fourth-order valence-electron chi connectivity index (χ4n) is 10.3. The molecule has 0 unspecified atom stereocenters. The number of rotatable bonds is 5. The molecule has 0 radical (unpaired) electrons. The summed E-state index contributed by atoms with van der Waals surface area (Å²) in [5, 5.41) is 25.5. The topological polar surface area (TPSA) is 105 Å². The number of carbonyl (C=O) groups is 2. The minimum absolute atomic E-state index is 0.00959. The van der Waals surface area contributed by atoms with Crippen LogP contribution in [0.3, 0.4) is 0 Å². The van der Waals surface area contributed by atoms with E-state index in [1.165, 1.54) is 22.4 Å². The molecule has 0 aromatic heterocycles. The van der Waals surface area contributed by atoms with Gasteiger partial charge in [-0.2, -0.15) is 0 Å². The normalized spacial score (nSPS) is 39.9. The first-order chi connectivity index (χ1) is 21.2. The van der Waals surface area contributed by atoms with Crippen LogP contribution in [-0.4, -0.2) is 52.7 Å². The van der Waals surface area contributed by atoms with E-state index in [2.05, 4.69) is 49.5 Å². The van der Waals surface area contributed by atoms with Crippen LogP contribution in [0.5, 0.6) is 0 Å². The van der Waals surface area contributed by atoms with Gasteiger partial charge in [-0.05, 0) is 85.3 Å². The van der Waals surface area contributed by atoms with Gasteiger partial charge in [0.05, 0.1) is 12.2 Å². The van der Waals surface area contributed by atoms with Crippen molar-refractivity contribution in [2.45, 2.75) is 76.5 Å². The maximum absolute atomic E-state index is 13.8. The number of fused-ring (bicyclic) bond motifs is 8. The summed E-state index contributed by atoms with van der Waals surface area (Å²) in [5.74, 6) is -0.207. The average molecular weight is 596 g/mol. The number of Topliss-reactive ketones (excluding diaryl/α,β-unsaturated/α-hetero) is 1. The highest BCUT2D eigenvalue weighted by molar-refractivity contribution is 6.01. The van der Waals surface area contributed by atoms with Crippen LogP contribution in [0.25, 0.3) is 0 Å².